The van der Waals surface area contributed by atoms with Crippen LogP contribution in [0.3, 0.4) is 0 Å². The smallest absolute Gasteiger partial charge is 0.345 e. The molecule has 2 amide bonds. The van der Waals surface area contributed by atoms with Crippen molar-refractivity contribution in [2.24, 2.45) is 11.0 Å². The second-order valence-electron chi connectivity index (χ2n) is 6.54. The first-order valence-corrected chi connectivity index (χ1v) is 9.00. The summed E-state index contributed by atoms with van der Waals surface area (Å²) in [6.07, 6.45) is 5.73. The van der Waals surface area contributed by atoms with Crippen LogP contribution in [0, 0.1) is 5.92 Å². The third kappa shape index (κ3) is 3.67. The van der Waals surface area contributed by atoms with Gasteiger partial charge in [0.2, 0.25) is 0 Å². The number of nitrogens with zero attached hydrogens (tertiary/aromatic N) is 3. The Hall–Kier alpha value is -2.37. The largest absolute Gasteiger partial charge is 0.465 e. The van der Waals surface area contributed by atoms with Crippen molar-refractivity contribution in [3.8, 4) is 0 Å². The van der Waals surface area contributed by atoms with Gasteiger partial charge in [0.15, 0.2) is 0 Å². The van der Waals surface area contributed by atoms with E-state index in [2.05, 4.69) is 5.10 Å². The van der Waals surface area contributed by atoms with E-state index in [0.717, 1.165) is 29.8 Å². The molecule has 0 N–H and O–H groups in total. The van der Waals surface area contributed by atoms with Gasteiger partial charge in [-0.15, -0.1) is 0 Å². The maximum atomic E-state index is 12.8. The van der Waals surface area contributed by atoms with Crippen LogP contribution in [0.25, 0.3) is 0 Å². The fourth-order valence-corrected chi connectivity index (χ4v) is 3.60. The van der Waals surface area contributed by atoms with Gasteiger partial charge in [0, 0.05) is 18.5 Å². The van der Waals surface area contributed by atoms with Gasteiger partial charge in [-0.3, -0.25) is 9.69 Å². The van der Waals surface area contributed by atoms with Gasteiger partial charge < -0.3 is 4.74 Å². The minimum absolute atomic E-state index is 0.165. The number of anilines is 1. The zero-order valence-corrected chi connectivity index (χ0v) is 14.9. The molecule has 0 unspecified atom stereocenters. The van der Waals surface area contributed by atoms with Gasteiger partial charge in [0.25, 0.3) is 0 Å². The van der Waals surface area contributed by atoms with Gasteiger partial charge in [-0.2, -0.15) is 5.10 Å². The SMILES string of the molecule is CCOC(=O)CN1N=C(C2CCCCC2)c2ccccc2N(C)C1=O. The zero-order chi connectivity index (χ0) is 17.8. The highest BCUT2D eigenvalue weighted by Crippen LogP contribution is 2.33. The van der Waals surface area contributed by atoms with Crippen molar-refractivity contribution in [2.45, 2.75) is 39.0 Å². The van der Waals surface area contributed by atoms with Crippen molar-refractivity contribution in [1.82, 2.24) is 5.01 Å². The van der Waals surface area contributed by atoms with Crippen LogP contribution in [-0.4, -0.2) is 42.9 Å². The second-order valence-corrected chi connectivity index (χ2v) is 6.54. The van der Waals surface area contributed by atoms with Gasteiger partial charge >= 0.3 is 12.0 Å². The molecule has 1 saturated carbocycles. The lowest BCUT2D eigenvalue weighted by molar-refractivity contribution is -0.143. The lowest BCUT2D eigenvalue weighted by Gasteiger charge is -2.24. The topological polar surface area (TPSA) is 62.2 Å². The van der Waals surface area contributed by atoms with Crippen molar-refractivity contribution in [2.75, 3.05) is 25.1 Å². The van der Waals surface area contributed by atoms with E-state index in [9.17, 15) is 9.59 Å². The van der Waals surface area contributed by atoms with Crippen LogP contribution in [-0.2, 0) is 9.53 Å². The van der Waals surface area contributed by atoms with Gasteiger partial charge in [-0.05, 0) is 25.8 Å². The minimum Gasteiger partial charge on any atom is -0.465 e. The molecule has 1 fully saturated rings. The first-order valence-electron chi connectivity index (χ1n) is 9.00. The Morgan fingerprint density at radius 2 is 1.96 bits per heavy atom. The van der Waals surface area contributed by atoms with E-state index in [-0.39, 0.29) is 19.2 Å². The summed E-state index contributed by atoms with van der Waals surface area (Å²) < 4.78 is 5.01. The average Bonchev–Trinajstić information content (AvgIpc) is 2.74. The van der Waals surface area contributed by atoms with Crippen LogP contribution < -0.4 is 4.90 Å². The molecule has 1 aromatic rings. The number of fused-ring (bicyclic) bond motifs is 1. The number of ether oxygens (including phenoxy) is 1. The highest BCUT2D eigenvalue weighted by atomic mass is 16.5. The number of benzene rings is 1. The highest BCUT2D eigenvalue weighted by molar-refractivity contribution is 6.11. The van der Waals surface area contributed by atoms with Crippen molar-refractivity contribution in [1.29, 1.82) is 0 Å². The molecule has 134 valence electrons. The van der Waals surface area contributed by atoms with Crippen molar-refractivity contribution < 1.29 is 14.3 Å². The average molecular weight is 343 g/mol. The number of hydrazone groups is 1. The summed E-state index contributed by atoms with van der Waals surface area (Å²) in [7, 11) is 1.72. The van der Waals surface area contributed by atoms with Gasteiger partial charge in [-0.1, -0.05) is 37.5 Å². The zero-order valence-electron chi connectivity index (χ0n) is 14.9. The summed E-state index contributed by atoms with van der Waals surface area (Å²) in [4.78, 5) is 26.3. The first-order chi connectivity index (χ1) is 12.1. The van der Waals surface area contributed by atoms with Crippen LogP contribution in [0.4, 0.5) is 10.5 Å². The molecular weight excluding hydrogens is 318 g/mol. The summed E-state index contributed by atoms with van der Waals surface area (Å²) in [5, 5.41) is 5.90. The summed E-state index contributed by atoms with van der Waals surface area (Å²) in [5.41, 5.74) is 2.73. The molecule has 1 heterocycles. The third-order valence-corrected chi connectivity index (χ3v) is 4.85. The molecule has 0 radical (unpaired) electrons. The van der Waals surface area contributed by atoms with E-state index in [1.54, 1.807) is 18.9 Å². The lowest BCUT2D eigenvalue weighted by Crippen LogP contribution is -2.40. The Balaban J connectivity index is 2.00. The third-order valence-electron chi connectivity index (χ3n) is 4.85. The first kappa shape index (κ1) is 17.5. The summed E-state index contributed by atoms with van der Waals surface area (Å²) in [5.74, 6) is -0.124. The number of carbonyl (C=O) groups is 2. The van der Waals surface area contributed by atoms with Gasteiger partial charge in [0.1, 0.15) is 6.54 Å². The number of esters is 1. The summed E-state index contributed by atoms with van der Waals surface area (Å²) in [6, 6.07) is 7.52. The molecule has 6 heteroatoms. The Morgan fingerprint density at radius 3 is 2.68 bits per heavy atom. The number of urea groups is 1. The maximum Gasteiger partial charge on any atom is 0.345 e. The summed E-state index contributed by atoms with van der Waals surface area (Å²) >= 11 is 0. The Bertz CT molecular complexity index is 680. The monoisotopic (exact) mass is 343 g/mol. The van der Waals surface area contributed by atoms with E-state index < -0.39 is 5.97 Å². The lowest BCUT2D eigenvalue weighted by atomic mass is 9.83. The van der Waals surface area contributed by atoms with E-state index in [0.29, 0.717) is 5.92 Å². The van der Waals surface area contributed by atoms with Gasteiger partial charge in [-0.25, -0.2) is 9.80 Å². The van der Waals surface area contributed by atoms with Crippen LogP contribution in [0.15, 0.2) is 29.4 Å². The normalized spacial score (nSPS) is 18.5. The summed E-state index contributed by atoms with van der Waals surface area (Å²) in [6.45, 7) is 1.87. The molecule has 0 atom stereocenters. The number of carbonyl (C=O) groups excluding carboxylic acids is 2. The maximum absolute atomic E-state index is 12.8. The Labute approximate surface area is 148 Å². The van der Waals surface area contributed by atoms with E-state index in [4.69, 9.17) is 4.74 Å². The van der Waals surface area contributed by atoms with E-state index in [1.807, 2.05) is 24.3 Å². The predicted octanol–water partition coefficient (Wildman–Crippen LogP) is 3.41. The molecule has 1 aromatic carbocycles. The number of hydrogen-bond donors (Lipinski definition) is 0. The molecule has 6 nitrogen and oxygen atoms in total. The minimum atomic E-state index is -0.443. The Morgan fingerprint density at radius 1 is 1.24 bits per heavy atom. The molecule has 1 aliphatic heterocycles. The highest BCUT2D eigenvalue weighted by Gasteiger charge is 2.32. The number of para-hydroxylation sites is 1. The molecule has 0 aromatic heterocycles. The van der Waals surface area contributed by atoms with Crippen LogP contribution >= 0.6 is 0 Å². The van der Waals surface area contributed by atoms with Crippen molar-refractivity contribution in [3.63, 3.8) is 0 Å². The second kappa shape index (κ2) is 7.68. The molecule has 2 aliphatic rings. The predicted molar refractivity (Wildman–Crippen MR) is 96.7 cm³/mol. The molecular formula is C19H25N3O3. The molecule has 0 saturated heterocycles. The van der Waals surface area contributed by atoms with Crippen LogP contribution in [0.2, 0.25) is 0 Å². The molecule has 25 heavy (non-hydrogen) atoms. The Kier molecular flexibility index (Phi) is 5.36. The van der Waals surface area contributed by atoms with E-state index >= 15 is 0 Å². The molecule has 3 rings (SSSR count). The fraction of sp³-hybridized carbons (Fsp3) is 0.526. The molecule has 0 bridgehead atoms. The quantitative estimate of drug-likeness (QED) is 0.787. The van der Waals surface area contributed by atoms with Crippen LogP contribution in [0.1, 0.15) is 44.6 Å². The number of amides is 2. The molecule has 1 aliphatic carbocycles. The van der Waals surface area contributed by atoms with Crippen molar-refractivity contribution in [3.05, 3.63) is 29.8 Å². The van der Waals surface area contributed by atoms with Crippen LogP contribution in [0.5, 0.6) is 0 Å². The standard InChI is InChI=1S/C19H25N3O3/c1-3-25-17(23)13-22-19(24)21(2)16-12-8-7-11-15(16)18(20-22)14-9-5-4-6-10-14/h7-8,11-12,14H,3-6,9-10,13H2,1-2H3. The number of hydrogen-bond acceptors (Lipinski definition) is 4. The molecule has 0 spiro atoms. The fourth-order valence-electron chi connectivity index (χ4n) is 3.60. The van der Waals surface area contributed by atoms with Crippen molar-refractivity contribution >= 4 is 23.4 Å². The number of rotatable bonds is 4. The van der Waals surface area contributed by atoms with E-state index in [1.165, 1.54) is 24.3 Å². The van der Waals surface area contributed by atoms with Gasteiger partial charge in [0.05, 0.1) is 18.0 Å².